The number of rotatable bonds is 3. The highest BCUT2D eigenvalue weighted by atomic mass is 15.2. The van der Waals surface area contributed by atoms with Gasteiger partial charge in [-0.1, -0.05) is 17.7 Å². The Labute approximate surface area is 103 Å². The molecule has 0 saturated heterocycles. The molecule has 17 heavy (non-hydrogen) atoms. The molecular formula is C12H21N5. The maximum absolute atomic E-state index is 5.65. The van der Waals surface area contributed by atoms with Crippen LogP contribution in [0.1, 0.15) is 19.8 Å². The van der Waals surface area contributed by atoms with Crippen molar-refractivity contribution < 1.29 is 0 Å². The Morgan fingerprint density at radius 3 is 2.59 bits per heavy atom. The van der Waals surface area contributed by atoms with Gasteiger partial charge in [-0.15, -0.1) is 0 Å². The van der Waals surface area contributed by atoms with Gasteiger partial charge in [0, 0.05) is 20.6 Å². The number of hydrogen-bond acceptors (Lipinski definition) is 1. The molecule has 5 heteroatoms. The highest BCUT2D eigenvalue weighted by Gasteiger charge is 2.04. The summed E-state index contributed by atoms with van der Waals surface area (Å²) in [6, 6.07) is 0. The zero-order chi connectivity index (χ0) is 12.8. The number of hydrogen-bond donors (Lipinski definition) is 2. The summed E-state index contributed by atoms with van der Waals surface area (Å²) >= 11 is 0. The third-order valence-corrected chi connectivity index (χ3v) is 2.64. The van der Waals surface area contributed by atoms with E-state index in [1.54, 1.807) is 4.90 Å². The van der Waals surface area contributed by atoms with Crippen molar-refractivity contribution in [3.05, 3.63) is 23.3 Å². The molecule has 0 bridgehead atoms. The van der Waals surface area contributed by atoms with E-state index in [1.807, 2.05) is 14.1 Å². The second-order valence-corrected chi connectivity index (χ2v) is 4.21. The van der Waals surface area contributed by atoms with Crippen LogP contribution in [0, 0.1) is 0 Å². The van der Waals surface area contributed by atoms with Gasteiger partial charge in [-0.05, 0) is 25.3 Å². The third kappa shape index (κ3) is 4.30. The summed E-state index contributed by atoms with van der Waals surface area (Å²) < 4.78 is 0. The van der Waals surface area contributed by atoms with E-state index in [2.05, 4.69) is 29.1 Å². The molecule has 0 spiro atoms. The molecular weight excluding hydrogens is 214 g/mol. The zero-order valence-electron chi connectivity index (χ0n) is 10.8. The van der Waals surface area contributed by atoms with Crippen molar-refractivity contribution in [3.63, 3.8) is 0 Å². The van der Waals surface area contributed by atoms with Gasteiger partial charge in [-0.25, -0.2) is 0 Å². The fraction of sp³-hybridized carbons (Fsp3) is 0.500. The third-order valence-electron chi connectivity index (χ3n) is 2.64. The number of nitrogens with zero attached hydrogens (tertiary/aromatic N) is 3. The van der Waals surface area contributed by atoms with Gasteiger partial charge < -0.3 is 16.4 Å². The summed E-state index contributed by atoms with van der Waals surface area (Å²) in [4.78, 5) is 9.84. The molecule has 1 aliphatic carbocycles. The molecule has 0 atom stereocenters. The quantitative estimate of drug-likeness (QED) is 0.562. The highest BCUT2D eigenvalue weighted by molar-refractivity contribution is 5.93. The number of allylic oxidation sites excluding steroid dienone is 3. The smallest absolute Gasteiger partial charge is 0.218 e. The molecule has 0 unspecified atom stereocenters. The van der Waals surface area contributed by atoms with Gasteiger partial charge in [0.15, 0.2) is 5.96 Å². The van der Waals surface area contributed by atoms with Crippen LogP contribution >= 0.6 is 0 Å². The largest absolute Gasteiger partial charge is 0.369 e. The lowest BCUT2D eigenvalue weighted by molar-refractivity contribution is 0.615. The molecule has 0 aromatic rings. The lowest BCUT2D eigenvalue weighted by Crippen LogP contribution is -2.32. The van der Waals surface area contributed by atoms with Crippen LogP contribution in [0.5, 0.6) is 0 Å². The van der Waals surface area contributed by atoms with Crippen molar-refractivity contribution in [2.75, 3.05) is 20.6 Å². The van der Waals surface area contributed by atoms with Crippen LogP contribution in [0.25, 0.3) is 0 Å². The Bertz CT molecular complexity index is 388. The van der Waals surface area contributed by atoms with Crippen molar-refractivity contribution in [2.45, 2.75) is 19.8 Å². The Kier molecular flexibility index (Phi) is 4.75. The lowest BCUT2D eigenvalue weighted by Gasteiger charge is -2.09. The van der Waals surface area contributed by atoms with Crippen molar-refractivity contribution >= 4 is 11.9 Å². The summed E-state index contributed by atoms with van der Waals surface area (Å²) in [6.07, 6.45) is 6.37. The monoisotopic (exact) mass is 235 g/mol. The van der Waals surface area contributed by atoms with E-state index >= 15 is 0 Å². The second-order valence-electron chi connectivity index (χ2n) is 4.21. The average molecular weight is 235 g/mol. The molecule has 0 heterocycles. The minimum absolute atomic E-state index is 0.233. The molecule has 1 aliphatic rings. The molecule has 0 fully saturated rings. The van der Waals surface area contributed by atoms with Gasteiger partial charge >= 0.3 is 0 Å². The lowest BCUT2D eigenvalue weighted by atomic mass is 10.1. The van der Waals surface area contributed by atoms with E-state index in [1.165, 1.54) is 11.1 Å². The first-order valence-electron chi connectivity index (χ1n) is 5.68. The molecule has 0 amide bonds. The summed E-state index contributed by atoms with van der Waals surface area (Å²) in [5, 5.41) is 0. The van der Waals surface area contributed by atoms with Crippen molar-refractivity contribution in [3.8, 4) is 0 Å². The van der Waals surface area contributed by atoms with Gasteiger partial charge in [0.1, 0.15) is 0 Å². The van der Waals surface area contributed by atoms with Crippen molar-refractivity contribution in [1.82, 2.24) is 4.90 Å². The van der Waals surface area contributed by atoms with E-state index in [4.69, 9.17) is 11.5 Å². The first kappa shape index (κ1) is 13.3. The van der Waals surface area contributed by atoms with Crippen LogP contribution in [0.15, 0.2) is 33.3 Å². The molecule has 0 aliphatic heterocycles. The fourth-order valence-electron chi connectivity index (χ4n) is 1.51. The molecule has 94 valence electrons. The molecule has 4 N–H and O–H groups in total. The standard InChI is InChI=1S/C12H21N5/c1-9-5-4-6-10(9)7-8-15-11(13)16-12(14)17(2)3/h5-6H,4,7-8H2,1-3H3,(H4,13,14,15,16). The van der Waals surface area contributed by atoms with Gasteiger partial charge in [-0.2, -0.15) is 4.99 Å². The molecule has 5 nitrogen and oxygen atoms in total. The average Bonchev–Trinajstić information content (AvgIpc) is 2.64. The minimum Gasteiger partial charge on any atom is -0.369 e. The molecule has 0 saturated carbocycles. The maximum Gasteiger partial charge on any atom is 0.218 e. The van der Waals surface area contributed by atoms with Crippen LogP contribution in [0.2, 0.25) is 0 Å². The number of aliphatic imine (C=N–C) groups is 2. The summed E-state index contributed by atoms with van der Waals surface area (Å²) in [7, 11) is 3.62. The van der Waals surface area contributed by atoms with Gasteiger partial charge in [0.2, 0.25) is 5.96 Å². The fourth-order valence-corrected chi connectivity index (χ4v) is 1.51. The normalized spacial score (nSPS) is 16.9. The maximum atomic E-state index is 5.65. The first-order chi connectivity index (χ1) is 8.00. The molecule has 0 aromatic heterocycles. The van der Waals surface area contributed by atoms with Crippen LogP contribution in [-0.2, 0) is 0 Å². The number of nitrogens with two attached hydrogens (primary N) is 2. The van der Waals surface area contributed by atoms with E-state index < -0.39 is 0 Å². The second kappa shape index (κ2) is 6.08. The van der Waals surface area contributed by atoms with Gasteiger partial charge in [0.05, 0.1) is 0 Å². The molecule has 0 aromatic carbocycles. The minimum atomic E-state index is 0.233. The Hall–Kier alpha value is -1.78. The van der Waals surface area contributed by atoms with Crippen LogP contribution in [0.4, 0.5) is 0 Å². The predicted octanol–water partition coefficient (Wildman–Crippen LogP) is 0.844. The number of guanidine groups is 2. The Morgan fingerprint density at radius 1 is 1.35 bits per heavy atom. The molecule has 0 radical (unpaired) electrons. The first-order valence-corrected chi connectivity index (χ1v) is 5.68. The zero-order valence-corrected chi connectivity index (χ0v) is 10.8. The predicted molar refractivity (Wildman–Crippen MR) is 72.9 cm³/mol. The van der Waals surface area contributed by atoms with Gasteiger partial charge in [0.25, 0.3) is 0 Å². The van der Waals surface area contributed by atoms with Crippen molar-refractivity contribution in [2.24, 2.45) is 21.5 Å². The topological polar surface area (TPSA) is 80.0 Å². The molecule has 1 rings (SSSR count). The van der Waals surface area contributed by atoms with Crippen molar-refractivity contribution in [1.29, 1.82) is 0 Å². The van der Waals surface area contributed by atoms with Crippen LogP contribution < -0.4 is 11.5 Å². The highest BCUT2D eigenvalue weighted by Crippen LogP contribution is 2.21. The Balaban J connectivity index is 2.44. The van der Waals surface area contributed by atoms with Crippen LogP contribution in [-0.4, -0.2) is 37.5 Å². The summed E-state index contributed by atoms with van der Waals surface area (Å²) in [5.74, 6) is 0.596. The summed E-state index contributed by atoms with van der Waals surface area (Å²) in [6.45, 7) is 2.77. The van der Waals surface area contributed by atoms with Crippen LogP contribution in [0.3, 0.4) is 0 Å². The van der Waals surface area contributed by atoms with E-state index in [0.29, 0.717) is 12.5 Å². The van der Waals surface area contributed by atoms with Gasteiger partial charge in [-0.3, -0.25) is 4.99 Å². The summed E-state index contributed by atoms with van der Waals surface area (Å²) in [5.41, 5.74) is 14.0. The van der Waals surface area contributed by atoms with E-state index in [0.717, 1.165) is 12.8 Å². The van der Waals surface area contributed by atoms with E-state index in [9.17, 15) is 0 Å². The SMILES string of the molecule is CC1=CCC=C1CCN=C(N)N=C(N)N(C)C. The Morgan fingerprint density at radius 2 is 2.06 bits per heavy atom. The van der Waals surface area contributed by atoms with E-state index in [-0.39, 0.29) is 5.96 Å².